The zero-order chi connectivity index (χ0) is 42.6. The second-order valence-corrected chi connectivity index (χ2v) is 19.3. The molecule has 0 spiro atoms. The molecule has 2 heterocycles. The second-order valence-electron chi connectivity index (χ2n) is 18.9. The first-order chi connectivity index (χ1) is 26.1. The third-order valence-electron chi connectivity index (χ3n) is 10.8. The van der Waals surface area contributed by atoms with E-state index in [9.17, 15) is 19.2 Å². The topological polar surface area (TPSA) is 161 Å². The summed E-state index contributed by atoms with van der Waals surface area (Å²) >= 11 is 6.43. The highest BCUT2D eigenvalue weighted by Crippen LogP contribution is 2.65. The number of rotatable bonds is 10. The zero-order valence-electron chi connectivity index (χ0n) is 35.2. The number of hydrogen-bond donors (Lipinski definition) is 2. The molecule has 1 saturated heterocycles. The number of ether oxygens (including phenoxy) is 4. The van der Waals surface area contributed by atoms with Crippen LogP contribution >= 0.6 is 11.6 Å². The highest BCUT2D eigenvalue weighted by molar-refractivity contribution is 6.48. The van der Waals surface area contributed by atoms with E-state index < -0.39 is 82.1 Å². The van der Waals surface area contributed by atoms with Gasteiger partial charge in [0.2, 0.25) is 5.91 Å². The fourth-order valence-electron chi connectivity index (χ4n) is 8.11. The molecule has 312 valence electrons. The van der Waals surface area contributed by atoms with Crippen molar-refractivity contribution in [1.29, 1.82) is 0 Å². The van der Waals surface area contributed by atoms with Crippen LogP contribution in [0.5, 0.6) is 5.75 Å². The van der Waals surface area contributed by atoms with Crippen LogP contribution in [-0.4, -0.2) is 77.6 Å². The van der Waals surface area contributed by atoms with Crippen molar-refractivity contribution in [3.05, 3.63) is 57.6 Å². The Morgan fingerprint density at radius 2 is 1.53 bits per heavy atom. The Morgan fingerprint density at radius 3 is 2.09 bits per heavy atom. The Hall–Kier alpha value is -3.95. The van der Waals surface area contributed by atoms with Crippen LogP contribution < -0.4 is 15.4 Å². The van der Waals surface area contributed by atoms with Gasteiger partial charge in [-0.3, -0.25) is 4.79 Å². The number of carbonyl (C=O) groups is 4. The van der Waals surface area contributed by atoms with Crippen LogP contribution in [-0.2, 0) is 34.7 Å². The maximum Gasteiger partial charge on any atom is 0.482 e. The number of methoxy groups -OCH3 is 1. The molecule has 6 atom stereocenters. The number of aromatic nitrogens is 1. The molecule has 1 unspecified atom stereocenters. The monoisotopic (exact) mass is 815 g/mol. The predicted octanol–water partition coefficient (Wildman–Crippen LogP) is 7.35. The summed E-state index contributed by atoms with van der Waals surface area (Å²) in [7, 11) is 0.403. The zero-order valence-corrected chi connectivity index (χ0v) is 35.9. The summed E-state index contributed by atoms with van der Waals surface area (Å²) in [4.78, 5) is 58.1. The lowest BCUT2D eigenvalue weighted by atomic mass is 9.43. The van der Waals surface area contributed by atoms with Crippen LogP contribution in [0.1, 0.15) is 134 Å². The quantitative estimate of drug-likeness (QED) is 0.107. The first-order valence-corrected chi connectivity index (χ1v) is 19.6. The van der Waals surface area contributed by atoms with Crippen molar-refractivity contribution in [2.75, 3.05) is 7.11 Å². The highest BCUT2D eigenvalue weighted by Gasteiger charge is 2.68. The van der Waals surface area contributed by atoms with Crippen molar-refractivity contribution >= 4 is 42.7 Å². The van der Waals surface area contributed by atoms with E-state index in [0.29, 0.717) is 11.5 Å². The average molecular weight is 816 g/mol. The SMILES string of the molecule is COc1c(C[C@H](NC(=O)C(NC(=O)OC(C)(C)C)c2nc(Cl)c(C(=O)OC(C)(C)C)cc2F)B2O[C@@H]3C[C@@H]4C[C@@H](C4(C)C)[C@]3(C)O2)cccc1C(=O)OC(C)(C)C. The maximum atomic E-state index is 16.1. The number of alkyl carbamates (subject to hydrolysis) is 1. The fraction of sp³-hybridized carbons (Fsp3) is 0.634. The minimum atomic E-state index is -1.83. The molecule has 4 aliphatic rings. The van der Waals surface area contributed by atoms with Crippen LogP contribution in [0.15, 0.2) is 24.3 Å². The Kier molecular flexibility index (Phi) is 12.1. The van der Waals surface area contributed by atoms with Crippen molar-refractivity contribution in [1.82, 2.24) is 15.6 Å². The summed E-state index contributed by atoms with van der Waals surface area (Å²) in [5.74, 6) is -3.73. The van der Waals surface area contributed by atoms with Crippen LogP contribution in [0.3, 0.4) is 0 Å². The number of pyridine rings is 1. The lowest BCUT2D eigenvalue weighted by Gasteiger charge is -2.64. The molecule has 57 heavy (non-hydrogen) atoms. The molecule has 3 aliphatic carbocycles. The van der Waals surface area contributed by atoms with Crippen molar-refractivity contribution in [2.24, 2.45) is 17.3 Å². The van der Waals surface area contributed by atoms with Crippen molar-refractivity contribution < 1.29 is 51.8 Å². The largest absolute Gasteiger partial charge is 0.496 e. The molecule has 3 saturated carbocycles. The van der Waals surface area contributed by atoms with E-state index in [1.807, 2.05) is 6.92 Å². The second kappa shape index (κ2) is 15.7. The number of benzene rings is 1. The highest BCUT2D eigenvalue weighted by atomic mass is 35.5. The molecular formula is C41H56BClFN3O10. The van der Waals surface area contributed by atoms with Gasteiger partial charge in [0, 0.05) is 0 Å². The predicted molar refractivity (Wildman–Crippen MR) is 210 cm³/mol. The summed E-state index contributed by atoms with van der Waals surface area (Å²) in [5.41, 5.74) is -3.64. The van der Waals surface area contributed by atoms with Crippen LogP contribution in [0.25, 0.3) is 0 Å². The number of carbonyl (C=O) groups excluding carboxylic acids is 4. The van der Waals surface area contributed by atoms with Gasteiger partial charge in [-0.1, -0.05) is 37.6 Å². The molecule has 2 amide bonds. The Bertz CT molecular complexity index is 1910. The maximum absolute atomic E-state index is 16.1. The van der Waals surface area contributed by atoms with Gasteiger partial charge in [-0.2, -0.15) is 0 Å². The minimum absolute atomic E-state index is 0.00388. The van der Waals surface area contributed by atoms with Gasteiger partial charge in [-0.25, -0.2) is 23.8 Å². The molecule has 2 aromatic rings. The Balaban J connectivity index is 1.55. The van der Waals surface area contributed by atoms with Crippen molar-refractivity contribution in [2.45, 2.75) is 143 Å². The van der Waals surface area contributed by atoms with Gasteiger partial charge < -0.3 is 38.9 Å². The van der Waals surface area contributed by atoms with E-state index in [1.165, 1.54) is 7.11 Å². The number of halogens is 2. The molecule has 0 radical (unpaired) electrons. The van der Waals surface area contributed by atoms with Gasteiger partial charge in [0.15, 0.2) is 6.04 Å². The molecule has 13 nitrogen and oxygen atoms in total. The van der Waals surface area contributed by atoms with Crippen molar-refractivity contribution in [3.8, 4) is 5.75 Å². The minimum Gasteiger partial charge on any atom is -0.496 e. The number of nitrogens with one attached hydrogen (secondary N) is 2. The summed E-state index contributed by atoms with van der Waals surface area (Å²) in [6.07, 6.45) is 0.418. The molecule has 2 N–H and O–H groups in total. The third kappa shape index (κ3) is 9.68. The van der Waals surface area contributed by atoms with Crippen molar-refractivity contribution in [3.63, 3.8) is 0 Å². The molecule has 6 rings (SSSR count). The lowest BCUT2D eigenvalue weighted by Crippen LogP contribution is -2.65. The molecule has 2 bridgehead atoms. The molecule has 16 heteroatoms. The first-order valence-electron chi connectivity index (χ1n) is 19.2. The number of esters is 2. The van der Waals surface area contributed by atoms with Gasteiger partial charge in [-0.05, 0) is 123 Å². The average Bonchev–Trinajstić information content (AvgIpc) is 3.42. The molecule has 1 aromatic heterocycles. The summed E-state index contributed by atoms with van der Waals surface area (Å²) in [6.45, 7) is 21.5. The normalized spacial score (nSPS) is 23.6. The number of nitrogens with zero attached hydrogens (tertiary/aromatic N) is 1. The lowest BCUT2D eigenvalue weighted by molar-refractivity contribution is -0.199. The molecule has 1 aliphatic heterocycles. The van der Waals surface area contributed by atoms with Crippen LogP contribution in [0.4, 0.5) is 9.18 Å². The van der Waals surface area contributed by atoms with Gasteiger partial charge in [0.25, 0.3) is 0 Å². The Labute approximate surface area is 339 Å². The number of para-hydroxylation sites is 1. The fourth-order valence-corrected chi connectivity index (χ4v) is 8.33. The van der Waals surface area contributed by atoms with E-state index in [2.05, 4.69) is 29.5 Å². The summed E-state index contributed by atoms with van der Waals surface area (Å²) in [5, 5.41) is 4.91. The Morgan fingerprint density at radius 1 is 0.930 bits per heavy atom. The van der Waals surface area contributed by atoms with Gasteiger partial charge in [0.1, 0.15) is 44.8 Å². The number of hydrogen-bond acceptors (Lipinski definition) is 11. The third-order valence-corrected chi connectivity index (χ3v) is 11.0. The summed E-state index contributed by atoms with van der Waals surface area (Å²) < 4.78 is 51.8. The van der Waals surface area contributed by atoms with Crippen LogP contribution in [0.2, 0.25) is 5.15 Å². The smallest absolute Gasteiger partial charge is 0.482 e. The van der Waals surface area contributed by atoms with E-state index in [4.69, 9.17) is 39.9 Å². The van der Waals surface area contributed by atoms with Gasteiger partial charge in [-0.15, -0.1) is 0 Å². The molecular weight excluding hydrogens is 760 g/mol. The summed E-state index contributed by atoms with van der Waals surface area (Å²) in [6, 6.07) is 3.97. The first kappa shape index (κ1) is 44.2. The van der Waals surface area contributed by atoms with E-state index >= 15 is 4.39 Å². The number of amides is 2. The molecule has 1 aromatic carbocycles. The van der Waals surface area contributed by atoms with Crippen LogP contribution in [0, 0.1) is 23.1 Å². The van der Waals surface area contributed by atoms with Gasteiger partial charge >= 0.3 is 25.2 Å². The van der Waals surface area contributed by atoms with E-state index in [0.717, 1.165) is 18.9 Å². The molecule has 4 fully saturated rings. The standard InChI is InChI=1S/C41H56BClFN3O10/c1-37(2,3)53-34(49)23-16-14-15-21(31(23)52-13)17-28(42-56-27-19-22-18-26(40(22,10)11)41(27,12)57-42)45-33(48)30(47-36(51)55-39(7,8)9)29-25(44)20-24(32(43)46-29)35(50)54-38(4,5)6/h14-16,20,22,26-28,30H,17-19H2,1-13H3,(H,45,48)(H,47,51)/t22-,26-,27+,28-,30?,41-/m0/s1. The van der Waals surface area contributed by atoms with E-state index in [-0.39, 0.29) is 40.7 Å². The van der Waals surface area contributed by atoms with E-state index in [1.54, 1.807) is 80.5 Å². The van der Waals surface area contributed by atoms with Gasteiger partial charge in [0.05, 0.1) is 30.3 Å².